The summed E-state index contributed by atoms with van der Waals surface area (Å²) < 4.78 is 0. The van der Waals surface area contributed by atoms with Crippen molar-refractivity contribution in [3.05, 3.63) is 102 Å². The Bertz CT molecular complexity index is 1320. The molecule has 2 amide bonds. The lowest BCUT2D eigenvalue weighted by Gasteiger charge is -2.24. The van der Waals surface area contributed by atoms with Gasteiger partial charge in [-0.3, -0.25) is 9.59 Å². The molecule has 35 heavy (non-hydrogen) atoms. The molecule has 4 rings (SSSR count). The number of nitrogens with zero attached hydrogens (tertiary/aromatic N) is 1. The Morgan fingerprint density at radius 3 is 2.46 bits per heavy atom. The molecule has 0 aliphatic rings. The number of carbonyl (C=O) groups is 2. The van der Waals surface area contributed by atoms with Gasteiger partial charge in [-0.2, -0.15) is 0 Å². The van der Waals surface area contributed by atoms with Crippen molar-refractivity contribution < 1.29 is 14.7 Å². The molecule has 0 bridgehead atoms. The first-order valence-corrected chi connectivity index (χ1v) is 11.5. The van der Waals surface area contributed by atoms with Crippen molar-refractivity contribution in [2.24, 2.45) is 0 Å². The summed E-state index contributed by atoms with van der Waals surface area (Å²) in [4.78, 5) is 30.1. The summed E-state index contributed by atoms with van der Waals surface area (Å²) in [5.74, 6) is -0.615. The molecule has 5 N–H and O–H groups in total. The number of hydrogen-bond donors (Lipinski definition) is 4. The zero-order valence-corrected chi connectivity index (χ0v) is 19.4. The highest BCUT2D eigenvalue weighted by Gasteiger charge is 2.29. The number of aliphatic hydroxyl groups excluding tert-OH is 1. The third-order valence-electron chi connectivity index (χ3n) is 5.85. The number of anilines is 2. The van der Waals surface area contributed by atoms with Gasteiger partial charge in [-0.1, -0.05) is 55.8 Å². The van der Waals surface area contributed by atoms with E-state index in [4.69, 9.17) is 5.73 Å². The molecule has 7 heteroatoms. The summed E-state index contributed by atoms with van der Waals surface area (Å²) in [6.07, 6.45) is 2.02. The number of pyridine rings is 1. The molecule has 0 saturated heterocycles. The minimum atomic E-state index is -1.53. The van der Waals surface area contributed by atoms with E-state index in [1.807, 2.05) is 18.2 Å². The lowest BCUT2D eigenvalue weighted by Crippen LogP contribution is -2.42. The van der Waals surface area contributed by atoms with E-state index in [0.717, 1.165) is 29.2 Å². The van der Waals surface area contributed by atoms with Crippen LogP contribution in [0.15, 0.2) is 85.1 Å². The molecule has 2 unspecified atom stereocenters. The summed E-state index contributed by atoms with van der Waals surface area (Å²) in [6, 6.07) is 22.3. The van der Waals surface area contributed by atoms with Crippen LogP contribution < -0.4 is 16.4 Å². The largest absolute Gasteiger partial charge is 0.383 e. The Labute approximate surface area is 204 Å². The second-order valence-electron chi connectivity index (χ2n) is 8.37. The summed E-state index contributed by atoms with van der Waals surface area (Å²) in [6.45, 7) is 2.10. The average molecular weight is 469 g/mol. The third kappa shape index (κ3) is 5.65. The Morgan fingerprint density at radius 2 is 1.74 bits per heavy atom. The van der Waals surface area contributed by atoms with Crippen molar-refractivity contribution in [1.29, 1.82) is 0 Å². The van der Waals surface area contributed by atoms with E-state index in [0.29, 0.717) is 22.6 Å². The van der Waals surface area contributed by atoms with Crippen LogP contribution in [0, 0.1) is 0 Å². The molecule has 0 aliphatic carbocycles. The summed E-state index contributed by atoms with van der Waals surface area (Å²) in [5, 5.41) is 18.1. The van der Waals surface area contributed by atoms with E-state index >= 15 is 0 Å². The highest BCUT2D eigenvalue weighted by molar-refractivity contribution is 6.00. The van der Waals surface area contributed by atoms with E-state index in [-0.39, 0.29) is 5.91 Å². The number of aliphatic hydroxyl groups is 1. The number of nitrogen functional groups attached to an aromatic ring is 1. The number of nitrogens with one attached hydrogen (secondary N) is 2. The SMILES string of the molecule is CCCc1ccc(C(=O)NC(c2ccccc2)C(O)C(=O)Nc2ccc3c(N)nccc3c2)cc1. The molecule has 7 nitrogen and oxygen atoms in total. The van der Waals surface area contributed by atoms with E-state index in [1.54, 1.807) is 66.9 Å². The number of benzene rings is 3. The van der Waals surface area contributed by atoms with Crippen molar-refractivity contribution >= 4 is 34.1 Å². The lowest BCUT2D eigenvalue weighted by atomic mass is 9.99. The number of aromatic nitrogens is 1. The molecule has 1 aromatic heterocycles. The summed E-state index contributed by atoms with van der Waals surface area (Å²) in [7, 11) is 0. The van der Waals surface area contributed by atoms with Crippen molar-refractivity contribution in [3.8, 4) is 0 Å². The molecule has 0 saturated carbocycles. The average Bonchev–Trinajstić information content (AvgIpc) is 2.88. The summed E-state index contributed by atoms with van der Waals surface area (Å²) in [5.41, 5.74) is 8.62. The monoisotopic (exact) mass is 468 g/mol. The maximum absolute atomic E-state index is 13.0. The molecule has 0 aliphatic heterocycles. The number of carbonyl (C=O) groups excluding carboxylic acids is 2. The molecular weight excluding hydrogens is 440 g/mol. The number of fused-ring (bicyclic) bond motifs is 1. The zero-order valence-electron chi connectivity index (χ0n) is 19.4. The van der Waals surface area contributed by atoms with Gasteiger partial charge in [0, 0.05) is 22.8 Å². The Kier molecular flexibility index (Phi) is 7.38. The van der Waals surface area contributed by atoms with Gasteiger partial charge < -0.3 is 21.5 Å². The number of hydrogen-bond acceptors (Lipinski definition) is 5. The number of nitrogens with two attached hydrogens (primary N) is 1. The predicted molar refractivity (Wildman–Crippen MR) is 138 cm³/mol. The fourth-order valence-corrected chi connectivity index (χ4v) is 3.99. The van der Waals surface area contributed by atoms with Crippen LogP contribution in [-0.2, 0) is 11.2 Å². The molecule has 178 valence electrons. The van der Waals surface area contributed by atoms with Crippen LogP contribution in [0.5, 0.6) is 0 Å². The number of aryl methyl sites for hydroxylation is 1. The highest BCUT2D eigenvalue weighted by Crippen LogP contribution is 2.24. The van der Waals surface area contributed by atoms with Crippen LogP contribution in [0.25, 0.3) is 10.8 Å². The van der Waals surface area contributed by atoms with Crippen molar-refractivity contribution in [2.45, 2.75) is 31.9 Å². The zero-order chi connectivity index (χ0) is 24.8. The normalized spacial score (nSPS) is 12.6. The minimum Gasteiger partial charge on any atom is -0.383 e. The van der Waals surface area contributed by atoms with Gasteiger partial charge >= 0.3 is 0 Å². The first-order valence-electron chi connectivity index (χ1n) is 11.5. The van der Waals surface area contributed by atoms with Gasteiger partial charge in [-0.05, 0) is 59.3 Å². The fourth-order valence-electron chi connectivity index (χ4n) is 3.99. The molecule has 2 atom stereocenters. The third-order valence-corrected chi connectivity index (χ3v) is 5.85. The van der Waals surface area contributed by atoms with Crippen molar-refractivity contribution in [2.75, 3.05) is 11.1 Å². The molecule has 1 heterocycles. The van der Waals surface area contributed by atoms with Crippen LogP contribution in [-0.4, -0.2) is 28.0 Å². The van der Waals surface area contributed by atoms with Gasteiger partial charge in [0.05, 0.1) is 6.04 Å². The van der Waals surface area contributed by atoms with E-state index < -0.39 is 18.1 Å². The standard InChI is InChI=1S/C28H28N4O3/c1-2-6-18-9-11-20(12-10-18)27(34)32-24(19-7-4-3-5-8-19)25(33)28(35)31-22-13-14-23-21(17-22)15-16-30-26(23)29/h3-5,7-17,24-25,33H,2,6H2,1H3,(H2,29,30)(H,31,35)(H,32,34). The molecule has 0 spiro atoms. The molecule has 0 fully saturated rings. The number of amides is 2. The first kappa shape index (κ1) is 23.9. The Hall–Kier alpha value is -4.23. The Morgan fingerprint density at radius 1 is 1.00 bits per heavy atom. The van der Waals surface area contributed by atoms with Crippen molar-refractivity contribution in [3.63, 3.8) is 0 Å². The lowest BCUT2D eigenvalue weighted by molar-refractivity contribution is -0.125. The molecule has 4 aromatic rings. The maximum Gasteiger partial charge on any atom is 0.255 e. The van der Waals surface area contributed by atoms with Crippen LogP contribution in [0.1, 0.15) is 40.9 Å². The Balaban J connectivity index is 1.54. The van der Waals surface area contributed by atoms with E-state index in [1.165, 1.54) is 0 Å². The van der Waals surface area contributed by atoms with Gasteiger partial charge in [0.25, 0.3) is 11.8 Å². The van der Waals surface area contributed by atoms with E-state index in [2.05, 4.69) is 22.5 Å². The molecule has 0 radical (unpaired) electrons. The van der Waals surface area contributed by atoms with Crippen LogP contribution in [0.3, 0.4) is 0 Å². The second kappa shape index (κ2) is 10.8. The quantitative estimate of drug-likeness (QED) is 0.309. The topological polar surface area (TPSA) is 117 Å². The fraction of sp³-hybridized carbons (Fsp3) is 0.179. The summed E-state index contributed by atoms with van der Waals surface area (Å²) >= 11 is 0. The molecule has 3 aromatic carbocycles. The maximum atomic E-state index is 13.0. The van der Waals surface area contributed by atoms with Gasteiger partial charge in [-0.25, -0.2) is 4.98 Å². The highest BCUT2D eigenvalue weighted by atomic mass is 16.3. The van der Waals surface area contributed by atoms with Crippen LogP contribution in [0.4, 0.5) is 11.5 Å². The first-order chi connectivity index (χ1) is 17.0. The van der Waals surface area contributed by atoms with Crippen molar-refractivity contribution in [1.82, 2.24) is 10.3 Å². The van der Waals surface area contributed by atoms with Gasteiger partial charge in [0.1, 0.15) is 5.82 Å². The van der Waals surface area contributed by atoms with Crippen LogP contribution in [0.2, 0.25) is 0 Å². The predicted octanol–water partition coefficient (Wildman–Crippen LogP) is 4.24. The smallest absolute Gasteiger partial charge is 0.255 e. The minimum absolute atomic E-state index is 0.373. The molecular formula is C28H28N4O3. The number of rotatable bonds is 8. The van der Waals surface area contributed by atoms with Gasteiger partial charge in [0.15, 0.2) is 6.10 Å². The van der Waals surface area contributed by atoms with Gasteiger partial charge in [-0.15, -0.1) is 0 Å². The van der Waals surface area contributed by atoms with E-state index in [9.17, 15) is 14.7 Å². The second-order valence-corrected chi connectivity index (χ2v) is 8.37. The van der Waals surface area contributed by atoms with Gasteiger partial charge in [0.2, 0.25) is 0 Å². The van der Waals surface area contributed by atoms with Crippen LogP contribution >= 0.6 is 0 Å².